The number of thiazole rings is 1. The van der Waals surface area contributed by atoms with Crippen molar-refractivity contribution in [3.63, 3.8) is 0 Å². The predicted molar refractivity (Wildman–Crippen MR) is 82.8 cm³/mol. The molecular weight excluding hydrogens is 314 g/mol. The van der Waals surface area contributed by atoms with E-state index in [1.54, 1.807) is 24.1 Å². The van der Waals surface area contributed by atoms with Crippen LogP contribution in [0.5, 0.6) is 0 Å². The van der Waals surface area contributed by atoms with Gasteiger partial charge in [0.2, 0.25) is 15.9 Å². The summed E-state index contributed by atoms with van der Waals surface area (Å²) in [6, 6.07) is 0. The Morgan fingerprint density at radius 2 is 2.14 bits per heavy atom. The second-order valence-corrected chi connectivity index (χ2v) is 8.02. The minimum absolute atomic E-state index is 0.0753. The minimum atomic E-state index is -3.37. The van der Waals surface area contributed by atoms with Crippen LogP contribution in [0.4, 0.5) is 5.13 Å². The van der Waals surface area contributed by atoms with Crippen LogP contribution in [0.1, 0.15) is 26.5 Å². The van der Waals surface area contributed by atoms with Crippen molar-refractivity contribution >= 4 is 32.4 Å². The zero-order chi connectivity index (χ0) is 16.3. The molecule has 9 heteroatoms. The van der Waals surface area contributed by atoms with Crippen LogP contribution in [0.2, 0.25) is 0 Å². The molecule has 0 aliphatic heterocycles. The van der Waals surface area contributed by atoms with Crippen LogP contribution < -0.4 is 4.72 Å². The molecule has 0 saturated heterocycles. The highest BCUT2D eigenvalue weighted by molar-refractivity contribution is 7.92. The van der Waals surface area contributed by atoms with E-state index in [9.17, 15) is 18.3 Å². The van der Waals surface area contributed by atoms with Gasteiger partial charge in [-0.25, -0.2) is 13.4 Å². The van der Waals surface area contributed by atoms with Gasteiger partial charge in [-0.2, -0.15) is 0 Å². The lowest BCUT2D eigenvalue weighted by Crippen LogP contribution is -2.42. The molecule has 1 amide bonds. The van der Waals surface area contributed by atoms with E-state index in [2.05, 4.69) is 9.71 Å². The quantitative estimate of drug-likeness (QED) is 0.763. The summed E-state index contributed by atoms with van der Waals surface area (Å²) in [5.74, 6) is -0.157. The van der Waals surface area contributed by atoms with Crippen LogP contribution in [0.25, 0.3) is 0 Å². The molecule has 0 radical (unpaired) electrons. The number of sulfonamides is 1. The number of nitrogens with zero attached hydrogens (tertiary/aromatic N) is 2. The molecule has 0 unspecified atom stereocenters. The van der Waals surface area contributed by atoms with Gasteiger partial charge in [0.05, 0.1) is 24.0 Å². The molecular formula is C12H21N3O4S2. The summed E-state index contributed by atoms with van der Waals surface area (Å²) in [5.41, 5.74) is -0.457. The van der Waals surface area contributed by atoms with Crippen molar-refractivity contribution in [1.29, 1.82) is 0 Å². The monoisotopic (exact) mass is 335 g/mol. The molecule has 1 heterocycles. The van der Waals surface area contributed by atoms with Crippen LogP contribution in [0, 0.1) is 0 Å². The van der Waals surface area contributed by atoms with Gasteiger partial charge in [0.25, 0.3) is 0 Å². The number of hydrogen-bond donors (Lipinski definition) is 2. The van der Waals surface area contributed by atoms with Gasteiger partial charge < -0.3 is 10.0 Å². The summed E-state index contributed by atoms with van der Waals surface area (Å²) < 4.78 is 24.5. The highest BCUT2D eigenvalue weighted by atomic mass is 32.2. The lowest BCUT2D eigenvalue weighted by Gasteiger charge is -2.28. The summed E-state index contributed by atoms with van der Waals surface area (Å²) in [7, 11) is -3.37. The van der Waals surface area contributed by atoms with Crippen molar-refractivity contribution in [1.82, 2.24) is 9.88 Å². The molecule has 0 aromatic carbocycles. The SMILES string of the molecule is CCN(CC(C)(C)O)C(=O)Cc1csc(NS(C)(=O)=O)n1. The Morgan fingerprint density at radius 3 is 2.62 bits per heavy atom. The van der Waals surface area contributed by atoms with Gasteiger partial charge in [-0.05, 0) is 20.8 Å². The third-order valence-corrected chi connectivity index (χ3v) is 3.97. The number of anilines is 1. The smallest absolute Gasteiger partial charge is 0.231 e. The van der Waals surface area contributed by atoms with Gasteiger partial charge in [0.1, 0.15) is 0 Å². The standard InChI is InChI=1S/C12H21N3O4S2/c1-5-15(8-12(2,3)17)10(16)6-9-7-20-11(13-9)14-21(4,18)19/h7,17H,5-6,8H2,1-4H3,(H,13,14). The van der Waals surface area contributed by atoms with E-state index in [1.807, 2.05) is 6.92 Å². The molecule has 0 spiro atoms. The Morgan fingerprint density at radius 1 is 1.52 bits per heavy atom. The first-order chi connectivity index (χ1) is 9.50. The fraction of sp³-hybridized carbons (Fsp3) is 0.667. The van der Waals surface area contributed by atoms with Gasteiger partial charge in [-0.15, -0.1) is 11.3 Å². The first-order valence-electron chi connectivity index (χ1n) is 6.42. The number of rotatable bonds is 7. The van der Waals surface area contributed by atoms with Gasteiger partial charge >= 0.3 is 0 Å². The Hall–Kier alpha value is -1.19. The zero-order valence-corrected chi connectivity index (χ0v) is 14.2. The maximum Gasteiger partial charge on any atom is 0.231 e. The van der Waals surface area contributed by atoms with Crippen LogP contribution in [0.15, 0.2) is 5.38 Å². The minimum Gasteiger partial charge on any atom is -0.389 e. The van der Waals surface area contributed by atoms with E-state index < -0.39 is 15.6 Å². The van der Waals surface area contributed by atoms with Crippen molar-refractivity contribution in [2.45, 2.75) is 32.8 Å². The normalized spacial score (nSPS) is 12.2. The molecule has 0 aliphatic carbocycles. The molecule has 0 aliphatic rings. The second-order valence-electron chi connectivity index (χ2n) is 5.42. The lowest BCUT2D eigenvalue weighted by atomic mass is 10.1. The van der Waals surface area contributed by atoms with E-state index in [4.69, 9.17) is 0 Å². The third-order valence-electron chi connectivity index (χ3n) is 2.47. The van der Waals surface area contributed by atoms with Gasteiger partial charge in [0.15, 0.2) is 5.13 Å². The fourth-order valence-corrected chi connectivity index (χ4v) is 3.27. The number of nitrogens with one attached hydrogen (secondary N) is 1. The van der Waals surface area contributed by atoms with E-state index >= 15 is 0 Å². The number of aliphatic hydroxyl groups is 1. The van der Waals surface area contributed by atoms with Crippen molar-refractivity contribution in [2.24, 2.45) is 0 Å². The van der Waals surface area contributed by atoms with E-state index in [0.29, 0.717) is 12.2 Å². The molecule has 2 N–H and O–H groups in total. The van der Waals surface area contributed by atoms with Crippen LogP contribution >= 0.6 is 11.3 Å². The second kappa shape index (κ2) is 6.71. The summed E-state index contributed by atoms with van der Waals surface area (Å²) in [5, 5.41) is 11.7. The number of amides is 1. The molecule has 120 valence electrons. The van der Waals surface area contributed by atoms with Crippen molar-refractivity contribution in [3.05, 3.63) is 11.1 Å². The first-order valence-corrected chi connectivity index (χ1v) is 9.19. The number of likely N-dealkylation sites (N-methyl/N-ethyl adjacent to an activating group) is 1. The maximum atomic E-state index is 12.2. The average Bonchev–Trinajstić information content (AvgIpc) is 2.69. The van der Waals surface area contributed by atoms with Crippen LogP contribution in [-0.2, 0) is 21.2 Å². The Kier molecular flexibility index (Phi) is 5.71. The van der Waals surface area contributed by atoms with Crippen molar-refractivity contribution in [3.8, 4) is 0 Å². The molecule has 21 heavy (non-hydrogen) atoms. The number of aromatic nitrogens is 1. The topological polar surface area (TPSA) is 99.6 Å². The highest BCUT2D eigenvalue weighted by Gasteiger charge is 2.22. The molecule has 1 aromatic heterocycles. The summed E-state index contributed by atoms with van der Waals surface area (Å²) in [6.45, 7) is 5.84. The number of carbonyl (C=O) groups is 1. The third kappa shape index (κ3) is 6.87. The summed E-state index contributed by atoms with van der Waals surface area (Å²) in [6.07, 6.45) is 1.12. The van der Waals surface area contributed by atoms with Crippen molar-refractivity contribution in [2.75, 3.05) is 24.1 Å². The zero-order valence-electron chi connectivity index (χ0n) is 12.6. The van der Waals surface area contributed by atoms with Gasteiger partial charge in [-0.1, -0.05) is 0 Å². The first kappa shape index (κ1) is 17.9. The van der Waals surface area contributed by atoms with Gasteiger partial charge in [0, 0.05) is 18.5 Å². The highest BCUT2D eigenvalue weighted by Crippen LogP contribution is 2.17. The summed E-state index contributed by atoms with van der Waals surface area (Å²) >= 11 is 1.13. The van der Waals surface area contributed by atoms with Crippen LogP contribution in [-0.4, -0.2) is 54.3 Å². The molecule has 0 bridgehead atoms. The lowest BCUT2D eigenvalue weighted by molar-refractivity contribution is -0.133. The fourth-order valence-electron chi connectivity index (χ4n) is 1.70. The van der Waals surface area contributed by atoms with Crippen LogP contribution in [0.3, 0.4) is 0 Å². The Bertz CT molecular complexity index is 590. The van der Waals surface area contributed by atoms with Gasteiger partial charge in [-0.3, -0.25) is 9.52 Å². The molecule has 1 rings (SSSR count). The van der Waals surface area contributed by atoms with Crippen molar-refractivity contribution < 1.29 is 18.3 Å². The summed E-state index contributed by atoms with van der Waals surface area (Å²) in [4.78, 5) is 17.8. The Labute approximate surface area is 129 Å². The maximum absolute atomic E-state index is 12.2. The molecule has 1 aromatic rings. The molecule has 0 fully saturated rings. The number of hydrogen-bond acceptors (Lipinski definition) is 6. The molecule has 0 atom stereocenters. The van der Waals surface area contributed by atoms with E-state index in [0.717, 1.165) is 17.6 Å². The van der Waals surface area contributed by atoms with E-state index in [1.165, 1.54) is 0 Å². The predicted octanol–water partition coefficient (Wildman–Crippen LogP) is 0.676. The largest absolute Gasteiger partial charge is 0.389 e. The molecule has 0 saturated carbocycles. The van der Waals surface area contributed by atoms with E-state index in [-0.39, 0.29) is 24.0 Å². The molecule has 7 nitrogen and oxygen atoms in total. The number of carbonyl (C=O) groups excluding carboxylic acids is 1. The Balaban J connectivity index is 2.70. The average molecular weight is 335 g/mol.